The number of benzene rings is 1. The molecule has 0 saturated heterocycles. The fourth-order valence-corrected chi connectivity index (χ4v) is 2.52. The second-order valence-corrected chi connectivity index (χ2v) is 4.24. The Hall–Kier alpha value is -0.960. The van der Waals surface area contributed by atoms with E-state index in [2.05, 4.69) is 40.1 Å². The van der Waals surface area contributed by atoms with Gasteiger partial charge in [-0.05, 0) is 27.6 Å². The van der Waals surface area contributed by atoms with Gasteiger partial charge in [-0.25, -0.2) is 0 Å². The molecule has 1 heterocycles. The molecule has 2 nitrogen and oxygen atoms in total. The van der Waals surface area contributed by atoms with Crippen molar-refractivity contribution in [1.82, 2.24) is 4.90 Å². The lowest BCUT2D eigenvalue weighted by molar-refractivity contribution is 0.406. The lowest BCUT2D eigenvalue weighted by atomic mass is 10.0. The minimum Gasteiger partial charge on any atom is -0.496 e. The molecule has 0 radical (unpaired) electrons. The number of ether oxygens (including phenoxy) is 1. The van der Waals surface area contributed by atoms with E-state index in [9.17, 15) is 0 Å². The van der Waals surface area contributed by atoms with Crippen LogP contribution in [0.15, 0.2) is 24.4 Å². The Bertz CT molecular complexity index is 387. The van der Waals surface area contributed by atoms with Crippen molar-refractivity contribution in [3.63, 3.8) is 0 Å². The van der Waals surface area contributed by atoms with Crippen LogP contribution in [0.5, 0.6) is 5.75 Å². The Labute approximate surface area is 92.3 Å². The van der Waals surface area contributed by atoms with E-state index in [1.165, 1.54) is 11.1 Å². The molecule has 0 bridgehead atoms. The molecule has 2 rings (SSSR count). The zero-order valence-corrected chi connectivity index (χ0v) is 9.84. The second-order valence-electron chi connectivity index (χ2n) is 3.39. The first-order valence-corrected chi connectivity index (χ1v) is 5.25. The third-order valence-corrected chi connectivity index (χ3v) is 2.93. The average molecular weight is 254 g/mol. The van der Waals surface area contributed by atoms with E-state index in [1.807, 2.05) is 12.1 Å². The van der Waals surface area contributed by atoms with Crippen molar-refractivity contribution >= 4 is 20.4 Å². The molecular weight excluding hydrogens is 242 g/mol. The Balaban J connectivity index is 2.57. The predicted octanol–water partition coefficient (Wildman–Crippen LogP) is 2.83. The zero-order chi connectivity index (χ0) is 10.1. The van der Waals surface area contributed by atoms with Crippen LogP contribution in [0.1, 0.15) is 11.1 Å². The molecule has 74 valence electrons. The smallest absolute Gasteiger partial charge is 0.127 e. The number of halogens is 1. The molecule has 1 aliphatic heterocycles. The molecule has 0 aromatic heterocycles. The molecule has 1 aliphatic rings. The minimum atomic E-state index is 0.929. The zero-order valence-electron chi connectivity index (χ0n) is 8.25. The van der Waals surface area contributed by atoms with Crippen LogP contribution in [0.25, 0.3) is 4.48 Å². The van der Waals surface area contributed by atoms with Crippen molar-refractivity contribution in [3.8, 4) is 5.75 Å². The first-order valence-electron chi connectivity index (χ1n) is 4.46. The standard InChI is InChI=1S/C11H12BrNO/c1-13-6-8-4-3-5-10(14-2)11(8)9(12)7-13/h3-5,7H,6H2,1-2H3. The highest BCUT2D eigenvalue weighted by atomic mass is 79.9. The molecule has 0 fully saturated rings. The van der Waals surface area contributed by atoms with Gasteiger partial charge in [0.2, 0.25) is 0 Å². The van der Waals surface area contributed by atoms with Crippen LogP contribution < -0.4 is 4.74 Å². The average Bonchev–Trinajstić information content (AvgIpc) is 2.16. The van der Waals surface area contributed by atoms with E-state index in [1.54, 1.807) is 7.11 Å². The third-order valence-electron chi connectivity index (χ3n) is 2.32. The van der Waals surface area contributed by atoms with Gasteiger partial charge in [-0.2, -0.15) is 0 Å². The van der Waals surface area contributed by atoms with E-state index < -0.39 is 0 Å². The maximum Gasteiger partial charge on any atom is 0.127 e. The van der Waals surface area contributed by atoms with Crippen LogP contribution in [0, 0.1) is 0 Å². The molecular formula is C11H12BrNO. The van der Waals surface area contributed by atoms with Crippen LogP contribution in [-0.4, -0.2) is 19.1 Å². The van der Waals surface area contributed by atoms with E-state index in [-0.39, 0.29) is 0 Å². The van der Waals surface area contributed by atoms with Crippen molar-refractivity contribution in [2.24, 2.45) is 0 Å². The molecule has 14 heavy (non-hydrogen) atoms. The van der Waals surface area contributed by atoms with Crippen molar-refractivity contribution in [3.05, 3.63) is 35.5 Å². The number of nitrogens with zero attached hydrogens (tertiary/aromatic N) is 1. The van der Waals surface area contributed by atoms with Crippen LogP contribution in [0.2, 0.25) is 0 Å². The molecule has 0 spiro atoms. The molecule has 0 atom stereocenters. The highest BCUT2D eigenvalue weighted by Gasteiger charge is 2.17. The van der Waals surface area contributed by atoms with Crippen LogP contribution in [-0.2, 0) is 6.54 Å². The van der Waals surface area contributed by atoms with Gasteiger partial charge >= 0.3 is 0 Å². The van der Waals surface area contributed by atoms with Crippen molar-refractivity contribution < 1.29 is 4.74 Å². The highest BCUT2D eigenvalue weighted by molar-refractivity contribution is 9.15. The molecule has 0 unspecified atom stereocenters. The number of methoxy groups -OCH3 is 1. The summed E-state index contributed by atoms with van der Waals surface area (Å²) in [4.78, 5) is 2.14. The third kappa shape index (κ3) is 1.52. The molecule has 0 amide bonds. The first-order chi connectivity index (χ1) is 6.72. The second kappa shape index (κ2) is 3.65. The SMILES string of the molecule is COc1cccc2c1C(Br)=CN(C)C2. The van der Waals surface area contributed by atoms with E-state index in [4.69, 9.17) is 4.74 Å². The molecule has 1 aromatic rings. The fourth-order valence-electron chi connectivity index (χ4n) is 1.72. The van der Waals surface area contributed by atoms with Gasteiger partial charge in [0, 0.05) is 29.8 Å². The molecule has 0 aliphatic carbocycles. The van der Waals surface area contributed by atoms with Crippen LogP contribution in [0.4, 0.5) is 0 Å². The summed E-state index contributed by atoms with van der Waals surface area (Å²) < 4.78 is 6.41. The maximum absolute atomic E-state index is 5.33. The lowest BCUT2D eigenvalue weighted by Gasteiger charge is -2.24. The summed E-state index contributed by atoms with van der Waals surface area (Å²) in [6.45, 7) is 0.932. The summed E-state index contributed by atoms with van der Waals surface area (Å²) >= 11 is 3.56. The summed E-state index contributed by atoms with van der Waals surface area (Å²) in [5, 5.41) is 0. The normalized spacial score (nSPS) is 14.8. The van der Waals surface area contributed by atoms with E-state index in [0.29, 0.717) is 0 Å². The Kier molecular flexibility index (Phi) is 2.50. The van der Waals surface area contributed by atoms with Crippen LogP contribution in [0.3, 0.4) is 0 Å². The van der Waals surface area contributed by atoms with Crippen molar-refractivity contribution in [2.45, 2.75) is 6.54 Å². The molecule has 0 N–H and O–H groups in total. The quantitative estimate of drug-likeness (QED) is 0.764. The number of hydrogen-bond acceptors (Lipinski definition) is 2. The van der Waals surface area contributed by atoms with Gasteiger partial charge < -0.3 is 9.64 Å². The summed E-state index contributed by atoms with van der Waals surface area (Å²) in [7, 11) is 3.76. The Morgan fingerprint density at radius 1 is 1.43 bits per heavy atom. The summed E-state index contributed by atoms with van der Waals surface area (Å²) in [5.41, 5.74) is 2.47. The van der Waals surface area contributed by atoms with Gasteiger partial charge in [0.25, 0.3) is 0 Å². The molecule has 3 heteroatoms. The van der Waals surface area contributed by atoms with Gasteiger partial charge in [-0.3, -0.25) is 0 Å². The van der Waals surface area contributed by atoms with Crippen molar-refractivity contribution in [2.75, 3.05) is 14.2 Å². The molecule has 0 saturated carbocycles. The summed E-state index contributed by atoms with van der Waals surface area (Å²) in [5.74, 6) is 0.929. The number of rotatable bonds is 1. The van der Waals surface area contributed by atoms with Gasteiger partial charge in [-0.15, -0.1) is 0 Å². The van der Waals surface area contributed by atoms with Gasteiger partial charge in [0.15, 0.2) is 0 Å². The highest BCUT2D eigenvalue weighted by Crippen LogP contribution is 2.36. The molecule has 1 aromatic carbocycles. The Morgan fingerprint density at radius 3 is 2.93 bits per heavy atom. The lowest BCUT2D eigenvalue weighted by Crippen LogP contribution is -2.16. The van der Waals surface area contributed by atoms with Crippen molar-refractivity contribution in [1.29, 1.82) is 0 Å². The number of hydrogen-bond donors (Lipinski definition) is 0. The topological polar surface area (TPSA) is 12.5 Å². The summed E-state index contributed by atoms with van der Waals surface area (Å²) in [6, 6.07) is 6.14. The number of fused-ring (bicyclic) bond motifs is 1. The first kappa shape index (κ1) is 9.59. The summed E-state index contributed by atoms with van der Waals surface area (Å²) in [6.07, 6.45) is 2.07. The van der Waals surface area contributed by atoms with E-state index >= 15 is 0 Å². The van der Waals surface area contributed by atoms with Crippen LogP contribution >= 0.6 is 15.9 Å². The fraction of sp³-hybridized carbons (Fsp3) is 0.273. The monoisotopic (exact) mass is 253 g/mol. The van der Waals surface area contributed by atoms with Gasteiger partial charge in [0.1, 0.15) is 5.75 Å². The maximum atomic E-state index is 5.33. The van der Waals surface area contributed by atoms with Gasteiger partial charge in [0.05, 0.1) is 7.11 Å². The minimum absolute atomic E-state index is 0.929. The van der Waals surface area contributed by atoms with E-state index in [0.717, 1.165) is 16.8 Å². The largest absolute Gasteiger partial charge is 0.496 e. The predicted molar refractivity (Wildman–Crippen MR) is 61.4 cm³/mol. The Morgan fingerprint density at radius 2 is 2.21 bits per heavy atom. The van der Waals surface area contributed by atoms with Gasteiger partial charge in [-0.1, -0.05) is 12.1 Å².